The third kappa shape index (κ3) is 36.4. The minimum Gasteiger partial charge on any atom is -0.385 e. The third-order valence-electron chi connectivity index (χ3n) is 12.6. The van der Waals surface area contributed by atoms with Crippen LogP contribution < -0.4 is 11.1 Å². The summed E-state index contributed by atoms with van der Waals surface area (Å²) in [5.74, 6) is -4.97. The fourth-order valence-corrected chi connectivity index (χ4v) is 8.21. The summed E-state index contributed by atoms with van der Waals surface area (Å²) < 4.78 is 47.0. The molecule has 0 aliphatic rings. The van der Waals surface area contributed by atoms with Crippen LogP contribution in [0, 0.1) is 0 Å². The molecule has 0 radical (unpaired) electrons. The molecule has 0 atom stereocenters. The monoisotopic (exact) mass is 1180 g/mol. The summed E-state index contributed by atoms with van der Waals surface area (Å²) in [5.41, 5.74) is 5.46. The zero-order valence-corrected chi connectivity index (χ0v) is 51.0. The summed E-state index contributed by atoms with van der Waals surface area (Å²) in [6.07, 6.45) is 3.57. The standard InChI is InChI=1S/C54H102N10O18/c1-74-28-10-19-56-37-47(66)58(21-12-30-76-3)39-49(68)60(23-14-32-78-5)41-51(70)62(25-16-34-80-7)43-53(72)64(27-18-36-82-9)45-54(73)63(26-17-35-81-8)44-52(71)61(24-15-33-79-6)42-50(69)59(22-13-31-77-4)40-48(67)57(38-46(55)65)20-11-29-75-2/h56H,10-45H2,1-9H3,(H2,55,65). The molecular formula is C54H102N10O18. The van der Waals surface area contributed by atoms with E-state index in [2.05, 4.69) is 5.32 Å². The fourth-order valence-electron chi connectivity index (χ4n) is 8.21. The maximum Gasteiger partial charge on any atom is 0.242 e. The van der Waals surface area contributed by atoms with Gasteiger partial charge in [-0.3, -0.25) is 43.2 Å². The molecule has 0 aliphatic heterocycles. The molecule has 82 heavy (non-hydrogen) atoms. The highest BCUT2D eigenvalue weighted by Crippen LogP contribution is 2.09. The first-order valence-electron chi connectivity index (χ1n) is 28.1. The Morgan fingerprint density at radius 1 is 0.268 bits per heavy atom. The Morgan fingerprint density at radius 3 is 0.622 bits per heavy atom. The normalized spacial score (nSPS) is 11.0. The highest BCUT2D eigenvalue weighted by molar-refractivity contribution is 5.93. The molecule has 476 valence electrons. The Morgan fingerprint density at radius 2 is 0.439 bits per heavy atom. The van der Waals surface area contributed by atoms with Crippen LogP contribution in [0.3, 0.4) is 0 Å². The van der Waals surface area contributed by atoms with E-state index in [0.717, 1.165) is 0 Å². The van der Waals surface area contributed by atoms with E-state index in [1.807, 2.05) is 0 Å². The first-order valence-corrected chi connectivity index (χ1v) is 28.1. The molecule has 0 saturated carbocycles. The lowest BCUT2D eigenvalue weighted by Crippen LogP contribution is -2.53. The molecule has 28 heteroatoms. The molecule has 0 saturated heterocycles. The first kappa shape index (κ1) is 76.8. The highest BCUT2D eigenvalue weighted by atomic mass is 16.5. The van der Waals surface area contributed by atoms with Gasteiger partial charge in [0.2, 0.25) is 53.2 Å². The number of nitrogens with two attached hydrogens (primary N) is 1. The summed E-state index contributed by atoms with van der Waals surface area (Å²) in [7, 11) is 13.6. The summed E-state index contributed by atoms with van der Waals surface area (Å²) >= 11 is 0. The van der Waals surface area contributed by atoms with Crippen molar-refractivity contribution in [3.63, 3.8) is 0 Å². The molecule has 0 aromatic rings. The maximum absolute atomic E-state index is 14.5. The van der Waals surface area contributed by atoms with E-state index in [1.54, 1.807) is 14.2 Å². The minimum atomic E-state index is -0.732. The number of hydrogen-bond donors (Lipinski definition) is 2. The average molecular weight is 1180 g/mol. The zero-order chi connectivity index (χ0) is 61.3. The average Bonchev–Trinajstić information content (AvgIpc) is 3.47. The van der Waals surface area contributed by atoms with Crippen molar-refractivity contribution in [3.05, 3.63) is 0 Å². The van der Waals surface area contributed by atoms with Crippen molar-refractivity contribution >= 4 is 53.2 Å². The molecule has 0 bridgehead atoms. The van der Waals surface area contributed by atoms with Gasteiger partial charge in [-0.15, -0.1) is 0 Å². The van der Waals surface area contributed by atoms with Gasteiger partial charge in [0.25, 0.3) is 0 Å². The molecule has 0 fully saturated rings. The summed E-state index contributed by atoms with van der Waals surface area (Å²) in [6, 6.07) is 0. The Labute approximate surface area is 487 Å². The van der Waals surface area contributed by atoms with E-state index in [9.17, 15) is 43.2 Å². The zero-order valence-electron chi connectivity index (χ0n) is 51.0. The van der Waals surface area contributed by atoms with Crippen molar-refractivity contribution in [2.24, 2.45) is 5.73 Å². The van der Waals surface area contributed by atoms with Crippen molar-refractivity contribution in [1.29, 1.82) is 0 Å². The van der Waals surface area contributed by atoms with Crippen molar-refractivity contribution in [3.8, 4) is 0 Å². The van der Waals surface area contributed by atoms with Crippen LogP contribution in [0.2, 0.25) is 0 Å². The second-order valence-electron chi connectivity index (χ2n) is 19.3. The lowest BCUT2D eigenvalue weighted by molar-refractivity contribution is -0.149. The molecule has 0 spiro atoms. The number of nitrogens with zero attached hydrogens (tertiary/aromatic N) is 8. The smallest absolute Gasteiger partial charge is 0.242 e. The molecule has 28 nitrogen and oxygen atoms in total. The van der Waals surface area contributed by atoms with Gasteiger partial charge in [-0.2, -0.15) is 0 Å². The quantitative estimate of drug-likeness (QED) is 0.0624. The molecule has 0 unspecified atom stereocenters. The Bertz CT molecular complexity index is 1790. The summed E-state index contributed by atoms with van der Waals surface area (Å²) in [6.45, 7) is 0.473. The number of hydrogen-bond acceptors (Lipinski definition) is 19. The molecule has 0 aliphatic carbocycles. The molecule has 9 amide bonds. The summed E-state index contributed by atoms with van der Waals surface area (Å²) in [5, 5.41) is 3.09. The summed E-state index contributed by atoms with van der Waals surface area (Å²) in [4.78, 5) is 136. The highest BCUT2D eigenvalue weighted by Gasteiger charge is 2.31. The topological polar surface area (TPSA) is 301 Å². The molecule has 0 heterocycles. The number of ether oxygens (including phenoxy) is 9. The van der Waals surface area contributed by atoms with E-state index < -0.39 is 86.5 Å². The van der Waals surface area contributed by atoms with E-state index in [-0.39, 0.29) is 118 Å². The molecular weight excluding hydrogens is 1080 g/mol. The van der Waals surface area contributed by atoms with Crippen molar-refractivity contribution < 1.29 is 85.8 Å². The second kappa shape index (κ2) is 50.4. The third-order valence-corrected chi connectivity index (χ3v) is 12.6. The van der Waals surface area contributed by atoms with Crippen LogP contribution >= 0.6 is 0 Å². The predicted octanol–water partition coefficient (Wildman–Crippen LogP) is -1.98. The van der Waals surface area contributed by atoms with Crippen LogP contribution in [0.5, 0.6) is 0 Å². The number of carbonyl (C=O) groups is 9. The Kier molecular flexibility index (Phi) is 47.2. The first-order chi connectivity index (χ1) is 39.5. The number of amides is 9. The minimum absolute atomic E-state index is 0.0154. The lowest BCUT2D eigenvalue weighted by Gasteiger charge is -2.33. The molecule has 3 N–H and O–H groups in total. The van der Waals surface area contributed by atoms with Gasteiger partial charge in [0.05, 0.1) is 58.9 Å². The van der Waals surface area contributed by atoms with Crippen LogP contribution in [0.4, 0.5) is 0 Å². The Hall–Kier alpha value is -5.17. The van der Waals surface area contributed by atoms with Gasteiger partial charge in [0, 0.05) is 176 Å². The second-order valence-corrected chi connectivity index (χ2v) is 19.3. The largest absolute Gasteiger partial charge is 0.385 e. The number of methoxy groups -OCH3 is 9. The number of nitrogens with one attached hydrogen (secondary N) is 1. The van der Waals surface area contributed by atoms with Gasteiger partial charge >= 0.3 is 0 Å². The number of rotatable bonds is 54. The Balaban J connectivity index is 6.92. The maximum atomic E-state index is 14.5. The van der Waals surface area contributed by atoms with Crippen LogP contribution in [0.25, 0.3) is 0 Å². The van der Waals surface area contributed by atoms with E-state index in [4.69, 9.17) is 48.4 Å². The van der Waals surface area contributed by atoms with Crippen molar-refractivity contribution in [2.75, 3.05) is 241 Å². The van der Waals surface area contributed by atoms with Gasteiger partial charge in [-0.05, 0) is 64.3 Å². The van der Waals surface area contributed by atoms with Crippen LogP contribution in [-0.2, 0) is 85.8 Å². The SMILES string of the molecule is COCCCNCC(=O)N(CCCOC)CC(=O)N(CCCOC)CC(=O)N(CCCOC)CC(=O)N(CCCOC)CC(=O)N(CCCOC)CC(=O)N(CCCOC)CC(=O)N(CCCOC)CC(=O)N(CCCOC)CC(N)=O. The lowest BCUT2D eigenvalue weighted by atomic mass is 10.2. The van der Waals surface area contributed by atoms with Crippen molar-refractivity contribution in [2.45, 2.75) is 57.8 Å². The fraction of sp³-hybridized carbons (Fsp3) is 0.833. The van der Waals surface area contributed by atoms with E-state index in [0.29, 0.717) is 84.2 Å². The van der Waals surface area contributed by atoms with Crippen LogP contribution in [0.1, 0.15) is 57.8 Å². The van der Waals surface area contributed by atoms with Crippen LogP contribution in [-0.4, -0.2) is 334 Å². The number of primary amides is 1. The van der Waals surface area contributed by atoms with Gasteiger partial charge < -0.3 is 92.9 Å². The van der Waals surface area contributed by atoms with Crippen molar-refractivity contribution in [1.82, 2.24) is 44.5 Å². The molecule has 0 rings (SSSR count). The van der Waals surface area contributed by atoms with Gasteiger partial charge in [0.15, 0.2) is 0 Å². The molecule has 0 aromatic carbocycles. The van der Waals surface area contributed by atoms with E-state index in [1.165, 1.54) is 89.0 Å². The van der Waals surface area contributed by atoms with Gasteiger partial charge in [-0.1, -0.05) is 0 Å². The number of carbonyl (C=O) groups excluding carboxylic acids is 9. The molecule has 0 aromatic heterocycles. The van der Waals surface area contributed by atoms with Gasteiger partial charge in [-0.25, -0.2) is 0 Å². The van der Waals surface area contributed by atoms with Gasteiger partial charge in [0.1, 0.15) is 0 Å². The predicted molar refractivity (Wildman–Crippen MR) is 303 cm³/mol. The van der Waals surface area contributed by atoms with Crippen LogP contribution in [0.15, 0.2) is 0 Å². The van der Waals surface area contributed by atoms with E-state index >= 15 is 0 Å².